The Morgan fingerprint density at radius 3 is 2.67 bits per heavy atom. The van der Waals surface area contributed by atoms with Crippen molar-refractivity contribution in [3.8, 4) is 16.9 Å². The Morgan fingerprint density at radius 1 is 1.10 bits per heavy atom. The molecule has 0 radical (unpaired) electrons. The Hall–Kier alpha value is -3.39. The van der Waals surface area contributed by atoms with E-state index >= 15 is 0 Å². The number of unbranched alkanes of at least 4 members (excludes halogenated alkanes) is 4. The van der Waals surface area contributed by atoms with Crippen molar-refractivity contribution in [3.05, 3.63) is 63.7 Å². The predicted octanol–water partition coefficient (Wildman–Crippen LogP) is 6.77. The molecule has 9 heteroatoms. The van der Waals surface area contributed by atoms with Gasteiger partial charge in [-0.25, -0.2) is 9.18 Å². The number of benzene rings is 2. The van der Waals surface area contributed by atoms with Gasteiger partial charge < -0.3 is 18.8 Å². The van der Waals surface area contributed by atoms with E-state index in [2.05, 4.69) is 6.92 Å². The number of halogens is 2. The van der Waals surface area contributed by atoms with Crippen LogP contribution in [0, 0.1) is 11.7 Å². The van der Waals surface area contributed by atoms with E-state index in [0.29, 0.717) is 54.8 Å². The minimum Gasteiger partial charge on any atom is -0.481 e. The molecule has 1 amide bonds. The second-order valence-corrected chi connectivity index (χ2v) is 10.6. The maximum Gasteiger partial charge on any atom is 0.336 e. The first-order valence-corrected chi connectivity index (χ1v) is 14.3. The Kier molecular flexibility index (Phi) is 10.2. The van der Waals surface area contributed by atoms with Crippen molar-refractivity contribution in [2.75, 3.05) is 19.7 Å². The molecule has 2 aromatic carbocycles. The molecule has 1 fully saturated rings. The summed E-state index contributed by atoms with van der Waals surface area (Å²) in [4.78, 5) is 39.7. The fourth-order valence-corrected chi connectivity index (χ4v) is 5.29. The fraction of sp³-hybridized carbons (Fsp3) is 0.452. The molecule has 0 unspecified atom stereocenters. The normalized spacial score (nSPS) is 16.1. The van der Waals surface area contributed by atoms with Crippen LogP contribution < -0.4 is 10.4 Å². The number of piperidine rings is 1. The molecular formula is C31H35ClFNO6. The lowest BCUT2D eigenvalue weighted by molar-refractivity contribution is -0.153. The first-order valence-electron chi connectivity index (χ1n) is 13.9. The summed E-state index contributed by atoms with van der Waals surface area (Å²) in [7, 11) is 0. The third kappa shape index (κ3) is 7.42. The van der Waals surface area contributed by atoms with Crippen molar-refractivity contribution in [2.45, 2.75) is 64.9 Å². The highest BCUT2D eigenvalue weighted by Gasteiger charge is 2.32. The van der Waals surface area contributed by atoms with Gasteiger partial charge in [-0.15, -0.1) is 0 Å². The van der Waals surface area contributed by atoms with Gasteiger partial charge in [-0.3, -0.25) is 9.59 Å². The molecule has 1 saturated heterocycles. The van der Waals surface area contributed by atoms with Crippen molar-refractivity contribution < 1.29 is 27.9 Å². The van der Waals surface area contributed by atoms with Crippen LogP contribution in [-0.2, 0) is 14.3 Å². The molecule has 214 valence electrons. The zero-order valence-corrected chi connectivity index (χ0v) is 23.7. The van der Waals surface area contributed by atoms with E-state index < -0.39 is 17.5 Å². The number of rotatable bonds is 11. The van der Waals surface area contributed by atoms with Gasteiger partial charge in [0.15, 0.2) is 6.10 Å². The Balaban J connectivity index is 1.39. The first-order chi connectivity index (χ1) is 19.3. The second-order valence-electron chi connectivity index (χ2n) is 10.2. The summed E-state index contributed by atoms with van der Waals surface area (Å²) < 4.78 is 30.3. The molecule has 1 aromatic heterocycles. The molecule has 1 aliphatic rings. The third-order valence-electron chi connectivity index (χ3n) is 7.16. The number of esters is 1. The van der Waals surface area contributed by atoms with Gasteiger partial charge in [0.2, 0.25) is 0 Å². The van der Waals surface area contributed by atoms with E-state index in [4.69, 9.17) is 25.5 Å². The van der Waals surface area contributed by atoms with Crippen LogP contribution in [0.2, 0.25) is 5.02 Å². The SMILES string of the molecule is CCCCCCCOC(=O)[C@H]1CCCN(C(=O)[C@@H](C)Oc2ccc3c(-c4ccc(F)cc4Cl)cc(=O)oc3c2)C1. The van der Waals surface area contributed by atoms with Gasteiger partial charge in [-0.1, -0.05) is 44.2 Å². The maximum absolute atomic E-state index is 13.6. The molecule has 40 heavy (non-hydrogen) atoms. The lowest BCUT2D eigenvalue weighted by Gasteiger charge is -2.33. The van der Waals surface area contributed by atoms with Crippen molar-refractivity contribution in [1.29, 1.82) is 0 Å². The quantitative estimate of drug-likeness (QED) is 0.143. The molecule has 0 bridgehead atoms. The van der Waals surface area contributed by atoms with Gasteiger partial charge in [0.25, 0.3) is 5.91 Å². The summed E-state index contributed by atoms with van der Waals surface area (Å²) >= 11 is 6.24. The Morgan fingerprint density at radius 2 is 1.90 bits per heavy atom. The number of fused-ring (bicyclic) bond motifs is 1. The zero-order chi connectivity index (χ0) is 28.6. The molecule has 4 rings (SSSR count). The van der Waals surface area contributed by atoms with E-state index in [-0.39, 0.29) is 28.4 Å². The highest BCUT2D eigenvalue weighted by Crippen LogP contribution is 2.34. The average Bonchev–Trinajstić information content (AvgIpc) is 2.94. The van der Waals surface area contributed by atoms with Crippen LogP contribution in [0.15, 0.2) is 51.7 Å². The number of nitrogens with zero attached hydrogens (tertiary/aromatic N) is 1. The second kappa shape index (κ2) is 13.8. The number of likely N-dealkylation sites (tertiary alicyclic amines) is 1. The standard InChI is InChI=1S/C31H35ClFNO6/c1-3-4-5-6-7-15-38-31(37)21-9-8-14-34(19-21)30(36)20(2)39-23-11-13-25-26(18-29(35)40-28(25)17-23)24-12-10-22(33)16-27(24)32/h10-13,16-18,20-21H,3-9,14-15,19H2,1-2H3/t20-,21+/m1/s1. The largest absolute Gasteiger partial charge is 0.481 e. The van der Waals surface area contributed by atoms with Crippen LogP contribution in [0.3, 0.4) is 0 Å². The lowest BCUT2D eigenvalue weighted by atomic mass is 9.98. The molecule has 1 aliphatic heterocycles. The van der Waals surface area contributed by atoms with Crippen molar-refractivity contribution >= 4 is 34.4 Å². The van der Waals surface area contributed by atoms with Crippen LogP contribution in [0.25, 0.3) is 22.1 Å². The van der Waals surface area contributed by atoms with E-state index in [1.165, 1.54) is 37.1 Å². The smallest absolute Gasteiger partial charge is 0.336 e. The summed E-state index contributed by atoms with van der Waals surface area (Å²) in [5.74, 6) is -0.958. The van der Waals surface area contributed by atoms with Gasteiger partial charge in [0.1, 0.15) is 17.1 Å². The van der Waals surface area contributed by atoms with Crippen molar-refractivity contribution in [3.63, 3.8) is 0 Å². The molecule has 0 saturated carbocycles. The minimum absolute atomic E-state index is 0.169. The predicted molar refractivity (Wildman–Crippen MR) is 152 cm³/mol. The third-order valence-corrected chi connectivity index (χ3v) is 7.47. The Bertz CT molecular complexity index is 1410. The lowest BCUT2D eigenvalue weighted by Crippen LogP contribution is -2.47. The maximum atomic E-state index is 13.6. The van der Waals surface area contributed by atoms with Crippen LogP contribution in [0.1, 0.15) is 58.8 Å². The van der Waals surface area contributed by atoms with E-state index in [1.807, 2.05) is 0 Å². The topological polar surface area (TPSA) is 86.0 Å². The highest BCUT2D eigenvalue weighted by molar-refractivity contribution is 6.33. The average molecular weight is 572 g/mol. The van der Waals surface area contributed by atoms with Gasteiger partial charge in [0, 0.05) is 41.7 Å². The van der Waals surface area contributed by atoms with Gasteiger partial charge >= 0.3 is 11.6 Å². The highest BCUT2D eigenvalue weighted by atomic mass is 35.5. The molecule has 0 N–H and O–H groups in total. The van der Waals surface area contributed by atoms with E-state index in [1.54, 1.807) is 30.0 Å². The summed E-state index contributed by atoms with van der Waals surface area (Å²) in [6, 6.07) is 10.2. The molecule has 2 atom stereocenters. The molecule has 0 spiro atoms. The number of ether oxygens (including phenoxy) is 2. The summed E-state index contributed by atoms with van der Waals surface area (Å²) in [6.45, 7) is 5.07. The molecule has 0 aliphatic carbocycles. The van der Waals surface area contributed by atoms with Crippen LogP contribution in [0.4, 0.5) is 4.39 Å². The minimum atomic E-state index is -0.827. The molecule has 7 nitrogen and oxygen atoms in total. The number of amides is 1. The summed E-state index contributed by atoms with van der Waals surface area (Å²) in [5.41, 5.74) is 0.638. The van der Waals surface area contributed by atoms with Gasteiger partial charge in [-0.05, 0) is 56.5 Å². The number of carbonyl (C=O) groups is 2. The van der Waals surface area contributed by atoms with Crippen molar-refractivity contribution in [1.82, 2.24) is 4.90 Å². The summed E-state index contributed by atoms with van der Waals surface area (Å²) in [6.07, 6.45) is 5.98. The number of hydrogen-bond acceptors (Lipinski definition) is 6. The number of carbonyl (C=O) groups excluding carboxylic acids is 2. The first kappa shape index (κ1) is 29.6. The van der Waals surface area contributed by atoms with E-state index in [9.17, 15) is 18.8 Å². The van der Waals surface area contributed by atoms with Gasteiger partial charge in [0.05, 0.1) is 17.5 Å². The zero-order valence-electron chi connectivity index (χ0n) is 22.9. The molecule has 2 heterocycles. The van der Waals surface area contributed by atoms with Crippen LogP contribution in [-0.4, -0.2) is 42.6 Å². The fourth-order valence-electron chi connectivity index (χ4n) is 5.02. The summed E-state index contributed by atoms with van der Waals surface area (Å²) in [5, 5.41) is 0.754. The van der Waals surface area contributed by atoms with Gasteiger partial charge in [-0.2, -0.15) is 0 Å². The van der Waals surface area contributed by atoms with Crippen molar-refractivity contribution in [2.24, 2.45) is 5.92 Å². The van der Waals surface area contributed by atoms with E-state index in [0.717, 1.165) is 19.3 Å². The number of hydrogen-bond donors (Lipinski definition) is 0. The molecular weight excluding hydrogens is 537 g/mol. The Labute approximate surface area is 238 Å². The monoisotopic (exact) mass is 571 g/mol. The molecule has 3 aromatic rings. The van der Waals surface area contributed by atoms with Crippen LogP contribution in [0.5, 0.6) is 5.75 Å². The van der Waals surface area contributed by atoms with Crippen LogP contribution >= 0.6 is 11.6 Å².